The fourth-order valence-corrected chi connectivity index (χ4v) is 3.20. The molecule has 0 unspecified atom stereocenters. The molecule has 0 aliphatic carbocycles. The lowest BCUT2D eigenvalue weighted by molar-refractivity contribution is -0.117. The molecule has 120 valence electrons. The molecule has 2 rings (SSSR count). The number of rotatable bonds is 4. The molecule has 0 radical (unpaired) electrons. The van der Waals surface area contributed by atoms with E-state index in [2.05, 4.69) is 5.32 Å². The van der Waals surface area contributed by atoms with Crippen molar-refractivity contribution >= 4 is 22.0 Å². The van der Waals surface area contributed by atoms with Gasteiger partial charge in [-0.25, -0.2) is 17.1 Å². The molecule has 0 saturated carbocycles. The second kappa shape index (κ2) is 7.02. The van der Waals surface area contributed by atoms with E-state index in [4.69, 9.17) is 0 Å². The summed E-state index contributed by atoms with van der Waals surface area (Å²) in [6.07, 6.45) is 5.40. The molecule has 22 heavy (non-hydrogen) atoms. The normalized spacial score (nSPS) is 17.7. The van der Waals surface area contributed by atoms with Crippen LogP contribution in [0.3, 0.4) is 0 Å². The number of hydrogen-bond acceptors (Lipinski definition) is 3. The molecule has 1 fully saturated rings. The van der Waals surface area contributed by atoms with Gasteiger partial charge >= 0.3 is 0 Å². The number of benzene rings is 1. The molecule has 1 aliphatic rings. The molecule has 0 atom stereocenters. The second-order valence-electron chi connectivity index (χ2n) is 5.33. The Morgan fingerprint density at radius 2 is 1.86 bits per heavy atom. The third-order valence-corrected chi connectivity index (χ3v) is 4.87. The summed E-state index contributed by atoms with van der Waals surface area (Å²) in [5, 5.41) is 2.85. The zero-order valence-electron chi connectivity index (χ0n) is 12.3. The fourth-order valence-electron chi connectivity index (χ4n) is 2.33. The fraction of sp³-hybridized carbons (Fsp3) is 0.400. The Balaban J connectivity index is 1.82. The summed E-state index contributed by atoms with van der Waals surface area (Å²) in [6.45, 7) is 0.844. The second-order valence-corrected chi connectivity index (χ2v) is 7.31. The molecule has 0 spiro atoms. The smallest absolute Gasteiger partial charge is 0.244 e. The topological polar surface area (TPSA) is 66.5 Å². The number of nitrogens with zero attached hydrogens (tertiary/aromatic N) is 1. The summed E-state index contributed by atoms with van der Waals surface area (Å²) < 4.78 is 37.0. The number of hydrogen-bond donors (Lipinski definition) is 1. The molecule has 1 N–H and O–H groups in total. The van der Waals surface area contributed by atoms with E-state index >= 15 is 0 Å². The van der Waals surface area contributed by atoms with Crippen molar-refractivity contribution in [2.45, 2.75) is 18.9 Å². The van der Waals surface area contributed by atoms with Crippen LogP contribution in [-0.4, -0.2) is 44.0 Å². The maximum Gasteiger partial charge on any atom is 0.244 e. The minimum Gasteiger partial charge on any atom is -0.350 e. The highest BCUT2D eigenvalue weighted by molar-refractivity contribution is 7.88. The van der Waals surface area contributed by atoms with E-state index in [9.17, 15) is 17.6 Å². The van der Waals surface area contributed by atoms with Gasteiger partial charge in [-0.05, 0) is 36.6 Å². The van der Waals surface area contributed by atoms with Gasteiger partial charge in [-0.2, -0.15) is 0 Å². The van der Waals surface area contributed by atoms with Crippen LogP contribution in [0.15, 0.2) is 30.3 Å². The van der Waals surface area contributed by atoms with Gasteiger partial charge in [0.1, 0.15) is 5.82 Å². The minimum atomic E-state index is -3.15. The zero-order valence-corrected chi connectivity index (χ0v) is 13.1. The first-order chi connectivity index (χ1) is 10.3. The minimum absolute atomic E-state index is 0.0247. The average molecular weight is 326 g/mol. The van der Waals surface area contributed by atoms with Crippen molar-refractivity contribution in [1.29, 1.82) is 0 Å². The lowest BCUT2D eigenvalue weighted by Crippen LogP contribution is -2.45. The Hall–Kier alpha value is -1.73. The van der Waals surface area contributed by atoms with Crippen LogP contribution in [0.5, 0.6) is 0 Å². The van der Waals surface area contributed by atoms with Crippen molar-refractivity contribution in [3.05, 3.63) is 41.7 Å². The SMILES string of the molecule is CS(=O)(=O)N1CCC(NC(=O)/C=C/c2ccc(F)cc2)CC1. The van der Waals surface area contributed by atoms with Crippen LogP contribution in [0.4, 0.5) is 4.39 Å². The third-order valence-electron chi connectivity index (χ3n) is 3.57. The van der Waals surface area contributed by atoms with Gasteiger partial charge in [0.15, 0.2) is 0 Å². The van der Waals surface area contributed by atoms with E-state index in [1.165, 1.54) is 28.8 Å². The molecule has 1 aromatic rings. The van der Waals surface area contributed by atoms with Crippen LogP contribution in [0.1, 0.15) is 18.4 Å². The predicted molar refractivity (Wildman–Crippen MR) is 83.0 cm³/mol. The molecular formula is C15H19FN2O3S. The van der Waals surface area contributed by atoms with E-state index in [0.717, 1.165) is 5.56 Å². The quantitative estimate of drug-likeness (QED) is 0.850. The van der Waals surface area contributed by atoms with Crippen LogP contribution in [0.2, 0.25) is 0 Å². The Morgan fingerprint density at radius 1 is 1.27 bits per heavy atom. The number of halogens is 1. The summed E-state index contributed by atoms with van der Waals surface area (Å²) in [5.74, 6) is -0.554. The summed E-state index contributed by atoms with van der Waals surface area (Å²) in [5.41, 5.74) is 0.739. The standard InChI is InChI=1S/C15H19FN2O3S/c1-22(20,21)18-10-8-14(9-11-18)17-15(19)7-4-12-2-5-13(16)6-3-12/h2-7,14H,8-11H2,1H3,(H,17,19)/b7-4+. The maximum absolute atomic E-state index is 12.8. The summed E-state index contributed by atoms with van der Waals surface area (Å²) in [6, 6.07) is 5.81. The van der Waals surface area contributed by atoms with E-state index in [1.807, 2.05) is 0 Å². The first-order valence-corrected chi connectivity index (χ1v) is 8.89. The Morgan fingerprint density at radius 3 is 2.41 bits per heavy atom. The van der Waals surface area contributed by atoms with Crippen molar-refractivity contribution in [2.24, 2.45) is 0 Å². The third kappa shape index (κ3) is 4.92. The van der Waals surface area contributed by atoms with Gasteiger partial charge in [0, 0.05) is 25.2 Å². The molecule has 5 nitrogen and oxygen atoms in total. The van der Waals surface area contributed by atoms with Gasteiger partial charge in [0.2, 0.25) is 15.9 Å². The monoisotopic (exact) mass is 326 g/mol. The number of sulfonamides is 1. The number of piperidine rings is 1. The Kier molecular flexibility index (Phi) is 5.31. The van der Waals surface area contributed by atoms with Crippen molar-refractivity contribution in [2.75, 3.05) is 19.3 Å². The van der Waals surface area contributed by atoms with Crippen LogP contribution in [0, 0.1) is 5.82 Å². The summed E-state index contributed by atoms with van der Waals surface area (Å²) in [4.78, 5) is 11.8. The van der Waals surface area contributed by atoms with E-state index in [0.29, 0.717) is 25.9 Å². The van der Waals surface area contributed by atoms with Gasteiger partial charge in [0.25, 0.3) is 0 Å². The van der Waals surface area contributed by atoms with E-state index < -0.39 is 10.0 Å². The van der Waals surface area contributed by atoms with Crippen LogP contribution in [-0.2, 0) is 14.8 Å². The molecule has 1 amide bonds. The highest BCUT2D eigenvalue weighted by atomic mass is 32.2. The van der Waals surface area contributed by atoms with Crippen LogP contribution in [0.25, 0.3) is 6.08 Å². The first kappa shape index (κ1) is 16.6. The van der Waals surface area contributed by atoms with Gasteiger partial charge in [0.05, 0.1) is 6.26 Å². The van der Waals surface area contributed by atoms with Crippen LogP contribution >= 0.6 is 0 Å². The zero-order chi connectivity index (χ0) is 16.2. The first-order valence-electron chi connectivity index (χ1n) is 7.04. The largest absolute Gasteiger partial charge is 0.350 e. The van der Waals surface area contributed by atoms with Crippen LogP contribution < -0.4 is 5.32 Å². The maximum atomic E-state index is 12.8. The molecule has 0 bridgehead atoms. The van der Waals surface area contributed by atoms with Gasteiger partial charge in [-0.1, -0.05) is 12.1 Å². The highest BCUT2D eigenvalue weighted by Gasteiger charge is 2.25. The number of carbonyl (C=O) groups is 1. The van der Waals surface area contributed by atoms with Crippen molar-refractivity contribution in [1.82, 2.24) is 9.62 Å². The average Bonchev–Trinajstić information content (AvgIpc) is 2.46. The van der Waals surface area contributed by atoms with Gasteiger partial charge in [-0.15, -0.1) is 0 Å². The number of carbonyl (C=O) groups excluding carboxylic acids is 1. The predicted octanol–water partition coefficient (Wildman–Crippen LogP) is 1.38. The van der Waals surface area contributed by atoms with Crippen molar-refractivity contribution in [3.8, 4) is 0 Å². The molecule has 1 aromatic carbocycles. The Labute approximate surface area is 129 Å². The molecule has 1 aliphatic heterocycles. The van der Waals surface area contributed by atoms with Gasteiger partial charge < -0.3 is 5.32 Å². The van der Waals surface area contributed by atoms with Crippen molar-refractivity contribution < 1.29 is 17.6 Å². The lowest BCUT2D eigenvalue weighted by atomic mass is 10.1. The molecule has 1 heterocycles. The number of nitrogens with one attached hydrogen (secondary N) is 1. The summed E-state index contributed by atoms with van der Waals surface area (Å²) in [7, 11) is -3.15. The van der Waals surface area contributed by atoms with Gasteiger partial charge in [-0.3, -0.25) is 4.79 Å². The molecular weight excluding hydrogens is 307 g/mol. The lowest BCUT2D eigenvalue weighted by Gasteiger charge is -2.30. The summed E-state index contributed by atoms with van der Waals surface area (Å²) >= 11 is 0. The highest BCUT2D eigenvalue weighted by Crippen LogP contribution is 2.13. The molecule has 1 saturated heterocycles. The van der Waals surface area contributed by atoms with Crippen molar-refractivity contribution in [3.63, 3.8) is 0 Å². The van der Waals surface area contributed by atoms with E-state index in [-0.39, 0.29) is 17.8 Å². The number of amides is 1. The molecule has 7 heteroatoms. The molecule has 0 aromatic heterocycles. The van der Waals surface area contributed by atoms with E-state index in [1.54, 1.807) is 18.2 Å². The Bertz CT molecular complexity index is 648.